The highest BCUT2D eigenvalue weighted by atomic mass is 16.5. The Morgan fingerprint density at radius 2 is 2.00 bits per heavy atom. The van der Waals surface area contributed by atoms with Crippen molar-refractivity contribution in [1.82, 2.24) is 15.1 Å². The second-order valence-corrected chi connectivity index (χ2v) is 6.47. The number of aromatic nitrogens is 2. The number of ether oxygens (including phenoxy) is 2. The Morgan fingerprint density at radius 1 is 1.28 bits per heavy atom. The van der Waals surface area contributed by atoms with Gasteiger partial charge in [-0.3, -0.25) is 9.89 Å². The molecule has 1 amide bonds. The first-order chi connectivity index (χ1) is 12.2. The van der Waals surface area contributed by atoms with Gasteiger partial charge in [0.2, 0.25) is 5.91 Å². The molecule has 1 saturated heterocycles. The average Bonchev–Trinajstić information content (AvgIpc) is 3.09. The van der Waals surface area contributed by atoms with Gasteiger partial charge in [0.25, 0.3) is 0 Å². The van der Waals surface area contributed by atoms with Crippen LogP contribution in [0.4, 0.5) is 0 Å². The third-order valence-corrected chi connectivity index (χ3v) is 4.65. The van der Waals surface area contributed by atoms with Crippen molar-refractivity contribution >= 4 is 5.91 Å². The summed E-state index contributed by atoms with van der Waals surface area (Å²) < 4.78 is 10.7. The molecule has 1 fully saturated rings. The number of benzene rings is 1. The fourth-order valence-electron chi connectivity index (χ4n) is 3.14. The highest BCUT2D eigenvalue weighted by Crippen LogP contribution is 2.27. The van der Waals surface area contributed by atoms with Crippen LogP contribution in [0.25, 0.3) is 0 Å². The molecule has 25 heavy (non-hydrogen) atoms. The maximum absolute atomic E-state index is 12.3. The molecule has 2 aromatic rings. The molecule has 134 valence electrons. The summed E-state index contributed by atoms with van der Waals surface area (Å²) in [4.78, 5) is 14.2. The Balaban J connectivity index is 1.40. The molecule has 3 rings (SSSR count). The summed E-state index contributed by atoms with van der Waals surface area (Å²) in [7, 11) is 1.64. The SMILES string of the molecule is COc1ccc(COCC(=O)N2CCC(c3cc(C)[nH]n3)CC2)cc1. The van der Waals surface area contributed by atoms with E-state index in [1.54, 1.807) is 7.11 Å². The summed E-state index contributed by atoms with van der Waals surface area (Å²) >= 11 is 0. The van der Waals surface area contributed by atoms with Crippen LogP contribution in [0.15, 0.2) is 30.3 Å². The van der Waals surface area contributed by atoms with E-state index in [1.165, 1.54) is 0 Å². The number of nitrogens with zero attached hydrogens (tertiary/aromatic N) is 2. The lowest BCUT2D eigenvalue weighted by Crippen LogP contribution is -2.40. The van der Waals surface area contributed by atoms with Crippen molar-refractivity contribution < 1.29 is 14.3 Å². The van der Waals surface area contributed by atoms with E-state index in [0.717, 1.165) is 48.6 Å². The van der Waals surface area contributed by atoms with Crippen LogP contribution in [0, 0.1) is 6.92 Å². The molecule has 1 aromatic carbocycles. The first kappa shape index (κ1) is 17.5. The van der Waals surface area contributed by atoms with E-state index in [4.69, 9.17) is 9.47 Å². The molecule has 1 N–H and O–H groups in total. The lowest BCUT2D eigenvalue weighted by molar-refractivity contribution is -0.137. The highest BCUT2D eigenvalue weighted by Gasteiger charge is 2.25. The number of carbonyl (C=O) groups excluding carboxylic acids is 1. The monoisotopic (exact) mass is 343 g/mol. The van der Waals surface area contributed by atoms with E-state index in [-0.39, 0.29) is 12.5 Å². The van der Waals surface area contributed by atoms with E-state index in [1.807, 2.05) is 36.1 Å². The summed E-state index contributed by atoms with van der Waals surface area (Å²) in [5.41, 5.74) is 3.22. The molecule has 1 aliphatic heterocycles. The number of nitrogens with one attached hydrogen (secondary N) is 1. The zero-order chi connectivity index (χ0) is 17.6. The molecular formula is C19H25N3O3. The Kier molecular flexibility index (Phi) is 5.71. The minimum atomic E-state index is 0.0603. The lowest BCUT2D eigenvalue weighted by Gasteiger charge is -2.31. The minimum Gasteiger partial charge on any atom is -0.497 e. The summed E-state index contributed by atoms with van der Waals surface area (Å²) in [5.74, 6) is 1.31. The van der Waals surface area contributed by atoms with Crippen molar-refractivity contribution in [3.05, 3.63) is 47.3 Å². The van der Waals surface area contributed by atoms with Crippen LogP contribution >= 0.6 is 0 Å². The first-order valence-electron chi connectivity index (χ1n) is 8.66. The molecule has 1 aliphatic rings. The molecule has 0 radical (unpaired) electrons. The molecule has 0 atom stereocenters. The normalized spacial score (nSPS) is 15.4. The molecule has 0 bridgehead atoms. The van der Waals surface area contributed by atoms with Crippen molar-refractivity contribution in [2.24, 2.45) is 0 Å². The van der Waals surface area contributed by atoms with Crippen LogP contribution in [-0.2, 0) is 16.1 Å². The number of piperidine rings is 1. The predicted molar refractivity (Wildman–Crippen MR) is 94.5 cm³/mol. The Labute approximate surface area is 148 Å². The van der Waals surface area contributed by atoms with Gasteiger partial charge in [-0.2, -0.15) is 5.10 Å². The van der Waals surface area contributed by atoms with Crippen LogP contribution in [0.1, 0.15) is 35.7 Å². The van der Waals surface area contributed by atoms with Gasteiger partial charge in [0.1, 0.15) is 12.4 Å². The number of hydrogen-bond acceptors (Lipinski definition) is 4. The number of methoxy groups -OCH3 is 1. The van der Waals surface area contributed by atoms with Crippen molar-refractivity contribution in [3.63, 3.8) is 0 Å². The molecule has 6 nitrogen and oxygen atoms in total. The van der Waals surface area contributed by atoms with Gasteiger partial charge in [-0.1, -0.05) is 12.1 Å². The number of aryl methyl sites for hydroxylation is 1. The van der Waals surface area contributed by atoms with Gasteiger partial charge < -0.3 is 14.4 Å². The number of rotatable bonds is 6. The molecule has 1 aromatic heterocycles. The van der Waals surface area contributed by atoms with Gasteiger partial charge in [0.15, 0.2) is 0 Å². The number of likely N-dealkylation sites (tertiary alicyclic amines) is 1. The van der Waals surface area contributed by atoms with Crippen molar-refractivity contribution in [1.29, 1.82) is 0 Å². The molecule has 0 saturated carbocycles. The van der Waals surface area contributed by atoms with Crippen LogP contribution in [0.2, 0.25) is 0 Å². The van der Waals surface area contributed by atoms with Crippen LogP contribution < -0.4 is 4.74 Å². The number of hydrogen-bond donors (Lipinski definition) is 1. The third kappa shape index (κ3) is 4.60. The second kappa shape index (κ2) is 8.16. The summed E-state index contributed by atoms with van der Waals surface area (Å²) in [5, 5.41) is 7.33. The van der Waals surface area contributed by atoms with E-state index in [0.29, 0.717) is 12.5 Å². The predicted octanol–water partition coefficient (Wildman–Crippen LogP) is 2.65. The number of H-pyrrole nitrogens is 1. The van der Waals surface area contributed by atoms with Gasteiger partial charge in [0.05, 0.1) is 19.4 Å². The quantitative estimate of drug-likeness (QED) is 0.875. The maximum Gasteiger partial charge on any atom is 0.248 e. The molecular weight excluding hydrogens is 318 g/mol. The molecule has 0 aliphatic carbocycles. The Hall–Kier alpha value is -2.34. The van der Waals surface area contributed by atoms with Crippen LogP contribution in [0.5, 0.6) is 5.75 Å². The van der Waals surface area contributed by atoms with E-state index in [9.17, 15) is 4.79 Å². The Morgan fingerprint density at radius 3 is 2.60 bits per heavy atom. The fraction of sp³-hybridized carbons (Fsp3) is 0.474. The number of amides is 1. The summed E-state index contributed by atoms with van der Waals surface area (Å²) in [6.07, 6.45) is 1.91. The van der Waals surface area contributed by atoms with E-state index in [2.05, 4.69) is 16.3 Å². The van der Waals surface area contributed by atoms with E-state index < -0.39 is 0 Å². The number of aromatic amines is 1. The maximum atomic E-state index is 12.3. The zero-order valence-electron chi connectivity index (χ0n) is 14.8. The minimum absolute atomic E-state index is 0.0603. The molecule has 6 heteroatoms. The summed E-state index contributed by atoms with van der Waals surface area (Å²) in [6, 6.07) is 9.77. The summed E-state index contributed by atoms with van der Waals surface area (Å²) in [6.45, 7) is 4.09. The van der Waals surface area contributed by atoms with Crippen molar-refractivity contribution in [2.75, 3.05) is 26.8 Å². The fourth-order valence-corrected chi connectivity index (χ4v) is 3.14. The van der Waals surface area contributed by atoms with Gasteiger partial charge >= 0.3 is 0 Å². The number of carbonyl (C=O) groups is 1. The second-order valence-electron chi connectivity index (χ2n) is 6.47. The molecule has 0 unspecified atom stereocenters. The Bertz CT molecular complexity index is 688. The zero-order valence-corrected chi connectivity index (χ0v) is 14.8. The largest absolute Gasteiger partial charge is 0.497 e. The van der Waals surface area contributed by atoms with Gasteiger partial charge in [-0.15, -0.1) is 0 Å². The topological polar surface area (TPSA) is 67.5 Å². The smallest absolute Gasteiger partial charge is 0.248 e. The van der Waals surface area contributed by atoms with Crippen molar-refractivity contribution in [3.8, 4) is 5.75 Å². The van der Waals surface area contributed by atoms with Gasteiger partial charge in [-0.05, 0) is 43.5 Å². The van der Waals surface area contributed by atoms with Crippen LogP contribution in [-0.4, -0.2) is 47.8 Å². The highest BCUT2D eigenvalue weighted by molar-refractivity contribution is 5.77. The van der Waals surface area contributed by atoms with Gasteiger partial charge in [0, 0.05) is 24.7 Å². The standard InChI is InChI=1S/C19H25N3O3/c1-14-11-18(21-20-14)16-7-9-22(10-8-16)19(23)13-25-12-15-3-5-17(24-2)6-4-15/h3-6,11,16H,7-10,12-13H2,1-2H3,(H,20,21). The third-order valence-electron chi connectivity index (χ3n) is 4.65. The molecule has 2 heterocycles. The van der Waals surface area contributed by atoms with E-state index >= 15 is 0 Å². The lowest BCUT2D eigenvalue weighted by atomic mass is 9.93. The van der Waals surface area contributed by atoms with Crippen LogP contribution in [0.3, 0.4) is 0 Å². The van der Waals surface area contributed by atoms with Crippen molar-refractivity contribution in [2.45, 2.75) is 32.3 Å². The average molecular weight is 343 g/mol. The first-order valence-corrected chi connectivity index (χ1v) is 8.66. The molecule has 0 spiro atoms. The van der Waals surface area contributed by atoms with Gasteiger partial charge in [-0.25, -0.2) is 0 Å².